The van der Waals surface area contributed by atoms with Crippen LogP contribution in [0.4, 0.5) is 0 Å². The third-order valence-electron chi connectivity index (χ3n) is 3.60. The van der Waals surface area contributed by atoms with Crippen LogP contribution < -0.4 is 0 Å². The van der Waals surface area contributed by atoms with Gasteiger partial charge < -0.3 is 0 Å². The van der Waals surface area contributed by atoms with Crippen LogP contribution in [0.25, 0.3) is 0 Å². The van der Waals surface area contributed by atoms with E-state index in [0.29, 0.717) is 5.92 Å². The third kappa shape index (κ3) is 2.89. The van der Waals surface area contributed by atoms with E-state index in [1.165, 1.54) is 22.5 Å². The van der Waals surface area contributed by atoms with E-state index < -0.39 is 0 Å². The summed E-state index contributed by atoms with van der Waals surface area (Å²) in [5.41, 5.74) is 5.44. The molecule has 1 aromatic heterocycles. The molecule has 0 saturated carbocycles. The molecular formula is C17H24N2. The van der Waals surface area contributed by atoms with Crippen molar-refractivity contribution in [2.24, 2.45) is 0 Å². The summed E-state index contributed by atoms with van der Waals surface area (Å²) in [5, 5.41) is 4.83. The molecule has 0 aliphatic heterocycles. The first kappa shape index (κ1) is 13.9. The summed E-state index contributed by atoms with van der Waals surface area (Å²) >= 11 is 0. The SMILES string of the molecule is CCc1nn(Cc2ccccc2)c(CC)c1C(C)C. The lowest BCUT2D eigenvalue weighted by Crippen LogP contribution is -2.07. The lowest BCUT2D eigenvalue weighted by molar-refractivity contribution is 0.638. The molecule has 0 aliphatic rings. The molecule has 2 rings (SSSR count). The molecule has 0 atom stereocenters. The molecule has 1 aromatic carbocycles. The Morgan fingerprint density at radius 3 is 2.26 bits per heavy atom. The number of aryl methyl sites for hydroxylation is 1. The predicted octanol–water partition coefficient (Wildman–Crippen LogP) is 4.18. The molecule has 0 bridgehead atoms. The zero-order chi connectivity index (χ0) is 13.8. The molecule has 0 amide bonds. The van der Waals surface area contributed by atoms with Crippen molar-refractivity contribution in [3.05, 3.63) is 52.8 Å². The Morgan fingerprint density at radius 1 is 1.05 bits per heavy atom. The summed E-state index contributed by atoms with van der Waals surface area (Å²) < 4.78 is 2.20. The molecule has 0 aliphatic carbocycles. The van der Waals surface area contributed by atoms with Crippen molar-refractivity contribution in [2.75, 3.05) is 0 Å². The number of benzene rings is 1. The normalized spacial score (nSPS) is 11.2. The topological polar surface area (TPSA) is 17.8 Å². The van der Waals surface area contributed by atoms with E-state index in [9.17, 15) is 0 Å². The number of rotatable bonds is 5. The first-order chi connectivity index (χ1) is 9.17. The van der Waals surface area contributed by atoms with E-state index in [0.717, 1.165) is 19.4 Å². The second kappa shape index (κ2) is 6.05. The largest absolute Gasteiger partial charge is 0.265 e. The van der Waals surface area contributed by atoms with Gasteiger partial charge in [0.1, 0.15) is 0 Å². The Labute approximate surface area is 116 Å². The van der Waals surface area contributed by atoms with Gasteiger partial charge in [0, 0.05) is 5.69 Å². The summed E-state index contributed by atoms with van der Waals surface area (Å²) in [6.07, 6.45) is 2.07. The van der Waals surface area contributed by atoms with Gasteiger partial charge in [0.05, 0.1) is 12.2 Å². The minimum Gasteiger partial charge on any atom is -0.265 e. The molecular weight excluding hydrogens is 232 g/mol. The Hall–Kier alpha value is -1.57. The second-order valence-electron chi connectivity index (χ2n) is 5.31. The number of hydrogen-bond donors (Lipinski definition) is 0. The third-order valence-corrected chi connectivity index (χ3v) is 3.60. The molecule has 2 aromatic rings. The second-order valence-corrected chi connectivity index (χ2v) is 5.31. The fourth-order valence-electron chi connectivity index (χ4n) is 2.75. The molecule has 0 saturated heterocycles. The molecule has 0 unspecified atom stereocenters. The van der Waals surface area contributed by atoms with Crippen LogP contribution in [0.3, 0.4) is 0 Å². The molecule has 2 nitrogen and oxygen atoms in total. The number of nitrogens with zero attached hydrogens (tertiary/aromatic N) is 2. The van der Waals surface area contributed by atoms with Crippen molar-refractivity contribution in [1.82, 2.24) is 9.78 Å². The highest BCUT2D eigenvalue weighted by atomic mass is 15.3. The lowest BCUT2D eigenvalue weighted by Gasteiger charge is -2.10. The van der Waals surface area contributed by atoms with E-state index in [1.54, 1.807) is 0 Å². The maximum atomic E-state index is 4.83. The predicted molar refractivity (Wildman–Crippen MR) is 80.6 cm³/mol. The zero-order valence-corrected chi connectivity index (χ0v) is 12.5. The fourth-order valence-corrected chi connectivity index (χ4v) is 2.75. The Bertz CT molecular complexity index is 524. The highest BCUT2D eigenvalue weighted by molar-refractivity contribution is 5.30. The maximum Gasteiger partial charge on any atom is 0.0662 e. The molecule has 2 heteroatoms. The Morgan fingerprint density at radius 2 is 1.74 bits per heavy atom. The van der Waals surface area contributed by atoms with Crippen molar-refractivity contribution in [3.8, 4) is 0 Å². The van der Waals surface area contributed by atoms with Gasteiger partial charge in [-0.05, 0) is 29.9 Å². The van der Waals surface area contributed by atoms with Crippen molar-refractivity contribution in [2.45, 2.75) is 53.0 Å². The zero-order valence-electron chi connectivity index (χ0n) is 12.5. The van der Waals surface area contributed by atoms with Crippen LogP contribution in [0, 0.1) is 0 Å². The van der Waals surface area contributed by atoms with Crippen LogP contribution in [0.1, 0.15) is 56.1 Å². The first-order valence-corrected chi connectivity index (χ1v) is 7.29. The highest BCUT2D eigenvalue weighted by Gasteiger charge is 2.17. The van der Waals surface area contributed by atoms with Crippen molar-refractivity contribution < 1.29 is 0 Å². The van der Waals surface area contributed by atoms with Gasteiger partial charge in [-0.1, -0.05) is 58.0 Å². The minimum absolute atomic E-state index is 0.550. The smallest absolute Gasteiger partial charge is 0.0662 e. The standard InChI is InChI=1S/C17H24N2/c1-5-15-17(13(3)4)16(6-2)19(18-15)12-14-10-8-7-9-11-14/h7-11,13H,5-6,12H2,1-4H3. The van der Waals surface area contributed by atoms with Crippen LogP contribution in [0.5, 0.6) is 0 Å². The van der Waals surface area contributed by atoms with Crippen molar-refractivity contribution in [1.29, 1.82) is 0 Å². The van der Waals surface area contributed by atoms with E-state index in [-0.39, 0.29) is 0 Å². The minimum atomic E-state index is 0.550. The van der Waals surface area contributed by atoms with Crippen LogP contribution in [-0.4, -0.2) is 9.78 Å². The Balaban J connectivity index is 2.40. The summed E-state index contributed by atoms with van der Waals surface area (Å²) in [6, 6.07) is 10.6. The van der Waals surface area contributed by atoms with Gasteiger partial charge in [-0.2, -0.15) is 5.10 Å². The lowest BCUT2D eigenvalue weighted by atomic mass is 9.98. The average Bonchev–Trinajstić information content (AvgIpc) is 2.77. The summed E-state index contributed by atoms with van der Waals surface area (Å²) in [4.78, 5) is 0. The average molecular weight is 256 g/mol. The molecule has 1 heterocycles. The number of hydrogen-bond acceptors (Lipinski definition) is 1. The van der Waals surface area contributed by atoms with Crippen LogP contribution in [0.15, 0.2) is 30.3 Å². The summed E-state index contributed by atoms with van der Waals surface area (Å²) in [7, 11) is 0. The Kier molecular flexibility index (Phi) is 4.41. The van der Waals surface area contributed by atoms with Crippen LogP contribution in [-0.2, 0) is 19.4 Å². The molecule has 0 N–H and O–H groups in total. The molecule has 0 spiro atoms. The summed E-state index contributed by atoms with van der Waals surface area (Å²) in [5.74, 6) is 0.550. The van der Waals surface area contributed by atoms with Gasteiger partial charge >= 0.3 is 0 Å². The maximum absolute atomic E-state index is 4.83. The van der Waals surface area contributed by atoms with Crippen molar-refractivity contribution in [3.63, 3.8) is 0 Å². The fraction of sp³-hybridized carbons (Fsp3) is 0.471. The summed E-state index contributed by atoms with van der Waals surface area (Å²) in [6.45, 7) is 9.83. The van der Waals surface area contributed by atoms with Gasteiger partial charge in [0.25, 0.3) is 0 Å². The van der Waals surface area contributed by atoms with E-state index in [1.807, 2.05) is 0 Å². The molecule has 0 radical (unpaired) electrons. The highest BCUT2D eigenvalue weighted by Crippen LogP contribution is 2.25. The van der Waals surface area contributed by atoms with Gasteiger partial charge in [0.15, 0.2) is 0 Å². The monoisotopic (exact) mass is 256 g/mol. The molecule has 0 fully saturated rings. The van der Waals surface area contributed by atoms with E-state index in [2.05, 4.69) is 62.7 Å². The van der Waals surface area contributed by atoms with E-state index in [4.69, 9.17) is 5.10 Å². The number of aromatic nitrogens is 2. The van der Waals surface area contributed by atoms with Crippen molar-refractivity contribution >= 4 is 0 Å². The van der Waals surface area contributed by atoms with Gasteiger partial charge in [-0.15, -0.1) is 0 Å². The molecule has 102 valence electrons. The van der Waals surface area contributed by atoms with Gasteiger partial charge in [-0.25, -0.2) is 0 Å². The van der Waals surface area contributed by atoms with Gasteiger partial charge in [-0.3, -0.25) is 4.68 Å². The quantitative estimate of drug-likeness (QED) is 0.784. The van der Waals surface area contributed by atoms with Crippen LogP contribution >= 0.6 is 0 Å². The van der Waals surface area contributed by atoms with Crippen LogP contribution in [0.2, 0.25) is 0 Å². The first-order valence-electron chi connectivity index (χ1n) is 7.29. The van der Waals surface area contributed by atoms with Gasteiger partial charge in [0.2, 0.25) is 0 Å². The molecule has 19 heavy (non-hydrogen) atoms. The van der Waals surface area contributed by atoms with E-state index >= 15 is 0 Å².